The van der Waals surface area contributed by atoms with E-state index in [9.17, 15) is 19.2 Å². The minimum atomic E-state index is -1.12. The molecular formula is C26H39NO10. The van der Waals surface area contributed by atoms with Crippen molar-refractivity contribution in [2.75, 3.05) is 7.11 Å². The van der Waals surface area contributed by atoms with Crippen molar-refractivity contribution in [3.05, 3.63) is 23.3 Å². The van der Waals surface area contributed by atoms with Crippen LogP contribution in [-0.2, 0) is 30.2 Å². The number of hydrogen-bond donors (Lipinski definition) is 1. The number of carbonyl (C=O) groups is 4. The van der Waals surface area contributed by atoms with Crippen LogP contribution in [0.15, 0.2) is 12.1 Å². The first-order chi connectivity index (χ1) is 16.7. The Labute approximate surface area is 218 Å². The zero-order chi connectivity index (χ0) is 28.8. The van der Waals surface area contributed by atoms with E-state index in [-0.39, 0.29) is 17.9 Å². The predicted octanol–water partition coefficient (Wildman–Crippen LogP) is 5.23. The summed E-state index contributed by atoms with van der Waals surface area (Å²) in [7, 11) is 1.19. The zero-order valence-corrected chi connectivity index (χ0v) is 23.5. The Morgan fingerprint density at radius 1 is 0.757 bits per heavy atom. The molecule has 1 amide bonds. The van der Waals surface area contributed by atoms with Gasteiger partial charge in [-0.05, 0) is 92.5 Å². The topological polar surface area (TPSA) is 136 Å². The van der Waals surface area contributed by atoms with E-state index in [1.807, 2.05) is 0 Å². The Morgan fingerprint density at radius 2 is 1.19 bits per heavy atom. The number of amides is 1. The third-order valence-corrected chi connectivity index (χ3v) is 4.17. The van der Waals surface area contributed by atoms with Gasteiger partial charge in [0.2, 0.25) is 0 Å². The molecular weight excluding hydrogens is 486 g/mol. The van der Waals surface area contributed by atoms with Crippen LogP contribution in [0.2, 0.25) is 0 Å². The number of hydrogen-bond acceptors (Lipinski definition) is 10. The quantitative estimate of drug-likeness (QED) is 0.299. The molecule has 1 aromatic rings. The van der Waals surface area contributed by atoms with E-state index in [0.29, 0.717) is 11.1 Å². The monoisotopic (exact) mass is 525 g/mol. The van der Waals surface area contributed by atoms with Gasteiger partial charge in [-0.25, -0.2) is 19.2 Å². The molecule has 0 aromatic heterocycles. The Bertz CT molecular complexity index is 996. The maximum atomic E-state index is 12.4. The fraction of sp³-hybridized carbons (Fsp3) is 0.615. The minimum absolute atomic E-state index is 0.0465. The molecule has 0 heterocycles. The summed E-state index contributed by atoms with van der Waals surface area (Å²) < 4.78 is 31.1. The molecule has 0 fully saturated rings. The first-order valence-electron chi connectivity index (χ1n) is 11.7. The summed E-state index contributed by atoms with van der Waals surface area (Å²) in [4.78, 5) is 49.4. The lowest BCUT2D eigenvalue weighted by molar-refractivity contribution is -0.143. The molecule has 11 nitrogen and oxygen atoms in total. The number of aryl methyl sites for hydroxylation is 1. The normalized spacial score (nSPS) is 12.6. The van der Waals surface area contributed by atoms with Crippen LogP contribution in [0, 0.1) is 6.92 Å². The van der Waals surface area contributed by atoms with E-state index >= 15 is 0 Å². The molecule has 0 radical (unpaired) electrons. The van der Waals surface area contributed by atoms with E-state index < -0.39 is 47.2 Å². The number of carbonyl (C=O) groups excluding carboxylic acids is 4. The lowest BCUT2D eigenvalue weighted by Crippen LogP contribution is -2.45. The summed E-state index contributed by atoms with van der Waals surface area (Å²) in [5, 5.41) is 2.49. The summed E-state index contributed by atoms with van der Waals surface area (Å²) in [6.45, 7) is 16.8. The van der Waals surface area contributed by atoms with Crippen molar-refractivity contribution < 1.29 is 47.6 Å². The molecule has 0 saturated carbocycles. The van der Waals surface area contributed by atoms with Gasteiger partial charge < -0.3 is 33.7 Å². The van der Waals surface area contributed by atoms with Gasteiger partial charge in [0.25, 0.3) is 0 Å². The number of nitrogens with one attached hydrogen (secondary N) is 1. The van der Waals surface area contributed by atoms with Crippen molar-refractivity contribution in [3.8, 4) is 11.5 Å². The highest BCUT2D eigenvalue weighted by atomic mass is 16.8. The van der Waals surface area contributed by atoms with Crippen molar-refractivity contribution in [1.29, 1.82) is 0 Å². The van der Waals surface area contributed by atoms with Crippen molar-refractivity contribution >= 4 is 24.4 Å². The molecule has 1 atom stereocenters. The second-order valence-electron chi connectivity index (χ2n) is 11.3. The van der Waals surface area contributed by atoms with Gasteiger partial charge in [-0.2, -0.15) is 0 Å². The Morgan fingerprint density at radius 3 is 1.59 bits per heavy atom. The second kappa shape index (κ2) is 12.2. The molecule has 0 aliphatic rings. The molecule has 0 aliphatic carbocycles. The van der Waals surface area contributed by atoms with Gasteiger partial charge in [0, 0.05) is 6.42 Å². The Hall–Kier alpha value is -3.50. The van der Waals surface area contributed by atoms with Crippen LogP contribution in [0.25, 0.3) is 0 Å². The van der Waals surface area contributed by atoms with Crippen LogP contribution >= 0.6 is 0 Å². The standard InChI is InChI=1S/C26H39NO10/c1-15-12-18(33-22(30)36-25(5,6)7)19(34-23(31)37-26(8,9)10)14-16(15)13-17(20(28)32-11)27-21(29)35-24(2,3)4/h12,14,17H,13H2,1-11H3,(H,27,29)/t17-/m0/s1. The van der Waals surface area contributed by atoms with Crippen molar-refractivity contribution in [2.24, 2.45) is 0 Å². The van der Waals surface area contributed by atoms with Gasteiger partial charge in [-0.1, -0.05) is 0 Å². The number of alkyl carbamates (subject to hydrolysis) is 1. The third-order valence-electron chi connectivity index (χ3n) is 4.17. The van der Waals surface area contributed by atoms with Gasteiger partial charge in [-0.3, -0.25) is 0 Å². The van der Waals surface area contributed by atoms with Crippen molar-refractivity contribution in [2.45, 2.75) is 98.5 Å². The molecule has 0 aliphatic heterocycles. The van der Waals surface area contributed by atoms with E-state index in [1.54, 1.807) is 69.2 Å². The number of benzene rings is 1. The molecule has 0 spiro atoms. The summed E-state index contributed by atoms with van der Waals surface area (Å²) in [6.07, 6.45) is -2.90. The fourth-order valence-electron chi connectivity index (χ4n) is 2.81. The number of rotatable bonds is 6. The Kier molecular flexibility index (Phi) is 10.4. The molecule has 1 N–H and O–H groups in total. The second-order valence-corrected chi connectivity index (χ2v) is 11.3. The smallest absolute Gasteiger partial charge is 0.467 e. The van der Waals surface area contributed by atoms with Crippen LogP contribution in [-0.4, -0.2) is 54.3 Å². The molecule has 0 bridgehead atoms. The van der Waals surface area contributed by atoms with E-state index in [2.05, 4.69) is 5.32 Å². The van der Waals surface area contributed by atoms with E-state index in [4.69, 9.17) is 28.4 Å². The maximum absolute atomic E-state index is 12.4. The maximum Gasteiger partial charge on any atom is 0.514 e. The molecule has 1 rings (SSSR count). The molecule has 11 heteroatoms. The Balaban J connectivity index is 3.36. The number of methoxy groups -OCH3 is 1. The molecule has 0 unspecified atom stereocenters. The minimum Gasteiger partial charge on any atom is -0.467 e. The SMILES string of the molecule is COC(=O)[C@H](Cc1cc(OC(=O)OC(C)(C)C)c(OC(=O)OC(C)(C)C)cc1C)NC(=O)OC(C)(C)C. The number of ether oxygens (including phenoxy) is 6. The average Bonchev–Trinajstić information content (AvgIpc) is 2.65. The van der Waals surface area contributed by atoms with Gasteiger partial charge in [0.05, 0.1) is 7.11 Å². The first kappa shape index (κ1) is 31.5. The van der Waals surface area contributed by atoms with Crippen LogP contribution in [0.1, 0.15) is 73.4 Å². The summed E-state index contributed by atoms with van der Waals surface area (Å²) in [5.41, 5.74) is -1.39. The van der Waals surface area contributed by atoms with Gasteiger partial charge >= 0.3 is 24.4 Å². The molecule has 0 saturated heterocycles. The molecule has 208 valence electrons. The van der Waals surface area contributed by atoms with Gasteiger partial charge in [0.1, 0.15) is 22.8 Å². The summed E-state index contributed by atoms with van der Waals surface area (Å²) in [5.74, 6) is -0.966. The number of esters is 1. The fourth-order valence-corrected chi connectivity index (χ4v) is 2.81. The lowest BCUT2D eigenvalue weighted by Gasteiger charge is -2.24. The average molecular weight is 526 g/mol. The predicted molar refractivity (Wildman–Crippen MR) is 134 cm³/mol. The van der Waals surface area contributed by atoms with Gasteiger partial charge in [0.15, 0.2) is 11.5 Å². The zero-order valence-electron chi connectivity index (χ0n) is 23.5. The van der Waals surface area contributed by atoms with Crippen LogP contribution in [0.3, 0.4) is 0 Å². The lowest BCUT2D eigenvalue weighted by atomic mass is 10.00. The summed E-state index contributed by atoms with van der Waals surface area (Å²) in [6, 6.07) is 1.73. The highest BCUT2D eigenvalue weighted by Crippen LogP contribution is 2.33. The van der Waals surface area contributed by atoms with Crippen LogP contribution < -0.4 is 14.8 Å². The molecule has 1 aromatic carbocycles. The summed E-state index contributed by atoms with van der Waals surface area (Å²) >= 11 is 0. The largest absolute Gasteiger partial charge is 0.514 e. The van der Waals surface area contributed by atoms with Crippen LogP contribution in [0.5, 0.6) is 11.5 Å². The molecule has 37 heavy (non-hydrogen) atoms. The van der Waals surface area contributed by atoms with Gasteiger partial charge in [-0.15, -0.1) is 0 Å². The third kappa shape index (κ3) is 12.3. The van der Waals surface area contributed by atoms with E-state index in [0.717, 1.165) is 0 Å². The highest BCUT2D eigenvalue weighted by Gasteiger charge is 2.28. The first-order valence-corrected chi connectivity index (χ1v) is 11.7. The van der Waals surface area contributed by atoms with E-state index in [1.165, 1.54) is 19.2 Å². The highest BCUT2D eigenvalue weighted by molar-refractivity contribution is 5.82. The van der Waals surface area contributed by atoms with Crippen molar-refractivity contribution in [1.82, 2.24) is 5.32 Å². The van der Waals surface area contributed by atoms with Crippen LogP contribution in [0.4, 0.5) is 14.4 Å². The van der Waals surface area contributed by atoms with Crippen molar-refractivity contribution in [3.63, 3.8) is 0 Å².